The summed E-state index contributed by atoms with van der Waals surface area (Å²) in [5, 5.41) is 21.8. The number of aromatic nitrogens is 1. The van der Waals surface area contributed by atoms with Gasteiger partial charge in [-0.3, -0.25) is 10.1 Å². The van der Waals surface area contributed by atoms with E-state index in [1.807, 2.05) is 0 Å². The third-order valence-corrected chi connectivity index (χ3v) is 2.46. The molecular weight excluding hydrogens is 264 g/mol. The van der Waals surface area contributed by atoms with Gasteiger partial charge in [0.05, 0.1) is 4.92 Å². The van der Waals surface area contributed by atoms with Crippen molar-refractivity contribution in [2.75, 3.05) is 11.1 Å². The number of carboxylic acid groups (broad SMARTS) is 1. The maximum atomic E-state index is 10.8. The molecule has 0 bridgehead atoms. The molecule has 9 nitrogen and oxygen atoms in total. The SMILES string of the molecule is O=NSC[C@H](Nc1ccc([N+](=O)[O-])cn1)C(=O)O. The van der Waals surface area contributed by atoms with Crippen LogP contribution in [0.1, 0.15) is 0 Å². The fraction of sp³-hybridized carbons (Fsp3) is 0.250. The molecule has 0 fully saturated rings. The van der Waals surface area contributed by atoms with E-state index >= 15 is 0 Å². The number of hydrogen-bond donors (Lipinski definition) is 2. The van der Waals surface area contributed by atoms with Gasteiger partial charge in [-0.1, -0.05) is 0 Å². The Morgan fingerprint density at radius 3 is 2.83 bits per heavy atom. The van der Waals surface area contributed by atoms with E-state index in [2.05, 4.69) is 14.9 Å². The summed E-state index contributed by atoms with van der Waals surface area (Å²) < 4.78 is 2.49. The van der Waals surface area contributed by atoms with Gasteiger partial charge in [0.25, 0.3) is 5.69 Å². The van der Waals surface area contributed by atoms with Crippen molar-refractivity contribution in [1.29, 1.82) is 0 Å². The summed E-state index contributed by atoms with van der Waals surface area (Å²) in [6, 6.07) is 1.42. The molecule has 10 heteroatoms. The van der Waals surface area contributed by atoms with Crippen LogP contribution in [0.15, 0.2) is 22.9 Å². The lowest BCUT2D eigenvalue weighted by Gasteiger charge is -2.12. The summed E-state index contributed by atoms with van der Waals surface area (Å²) in [6.45, 7) is 0. The highest BCUT2D eigenvalue weighted by Crippen LogP contribution is 2.14. The summed E-state index contributed by atoms with van der Waals surface area (Å²) in [5.41, 5.74) is -0.198. The van der Waals surface area contributed by atoms with Gasteiger partial charge in [0.1, 0.15) is 18.1 Å². The zero-order valence-electron chi connectivity index (χ0n) is 8.85. The van der Waals surface area contributed by atoms with Crippen LogP contribution in [0.25, 0.3) is 0 Å². The molecule has 1 aromatic heterocycles. The van der Waals surface area contributed by atoms with Gasteiger partial charge in [0.15, 0.2) is 0 Å². The first kappa shape index (κ1) is 13.8. The van der Waals surface area contributed by atoms with Crippen molar-refractivity contribution in [3.8, 4) is 0 Å². The maximum absolute atomic E-state index is 10.8. The Balaban J connectivity index is 2.71. The molecular formula is C8H8N4O5S. The number of nitro groups is 1. The van der Waals surface area contributed by atoms with Crippen LogP contribution < -0.4 is 5.32 Å². The molecule has 0 aliphatic carbocycles. The van der Waals surface area contributed by atoms with Gasteiger partial charge in [0, 0.05) is 28.3 Å². The number of pyridine rings is 1. The van der Waals surface area contributed by atoms with E-state index in [0.717, 1.165) is 6.20 Å². The average molecular weight is 272 g/mol. The third kappa shape index (κ3) is 3.97. The van der Waals surface area contributed by atoms with Gasteiger partial charge in [-0.05, 0) is 6.07 Å². The Hall–Kier alpha value is -2.23. The number of nitrogens with one attached hydrogen (secondary N) is 1. The number of carboxylic acids is 1. The van der Waals surface area contributed by atoms with Crippen molar-refractivity contribution in [3.05, 3.63) is 33.4 Å². The monoisotopic (exact) mass is 272 g/mol. The second-order valence-corrected chi connectivity index (χ2v) is 3.80. The topological polar surface area (TPSA) is 135 Å². The molecule has 1 aromatic rings. The van der Waals surface area contributed by atoms with E-state index in [9.17, 15) is 19.8 Å². The van der Waals surface area contributed by atoms with Crippen molar-refractivity contribution in [3.63, 3.8) is 0 Å². The van der Waals surface area contributed by atoms with Gasteiger partial charge in [-0.25, -0.2) is 9.78 Å². The first-order valence-corrected chi connectivity index (χ1v) is 5.53. The minimum absolute atomic E-state index is 0.0719. The predicted molar refractivity (Wildman–Crippen MR) is 64.2 cm³/mol. The van der Waals surface area contributed by atoms with Crippen LogP contribution in [0.5, 0.6) is 0 Å². The molecule has 0 saturated heterocycles. The van der Waals surface area contributed by atoms with Crippen LogP contribution in [0.2, 0.25) is 0 Å². The van der Waals surface area contributed by atoms with E-state index in [-0.39, 0.29) is 17.3 Å². The number of aliphatic carboxylic acids is 1. The van der Waals surface area contributed by atoms with Crippen LogP contribution in [-0.2, 0) is 4.79 Å². The fourth-order valence-corrected chi connectivity index (χ4v) is 1.47. The molecule has 0 saturated carbocycles. The number of carbonyl (C=O) groups is 1. The van der Waals surface area contributed by atoms with Crippen LogP contribution in [0.3, 0.4) is 0 Å². The van der Waals surface area contributed by atoms with Gasteiger partial charge in [-0.15, -0.1) is 4.91 Å². The molecule has 0 aliphatic rings. The number of rotatable bonds is 7. The minimum Gasteiger partial charge on any atom is -0.480 e. The highest BCUT2D eigenvalue weighted by atomic mass is 32.2. The Morgan fingerprint density at radius 2 is 2.39 bits per heavy atom. The zero-order valence-corrected chi connectivity index (χ0v) is 9.66. The van der Waals surface area contributed by atoms with Crippen LogP contribution in [0, 0.1) is 15.0 Å². The second-order valence-electron chi connectivity index (χ2n) is 3.06. The zero-order chi connectivity index (χ0) is 13.5. The summed E-state index contributed by atoms with van der Waals surface area (Å²) in [5.74, 6) is -1.08. The van der Waals surface area contributed by atoms with E-state index in [1.165, 1.54) is 12.1 Å². The highest BCUT2D eigenvalue weighted by molar-refractivity contribution is 7.97. The largest absolute Gasteiger partial charge is 0.480 e. The Bertz CT molecular complexity index is 451. The van der Waals surface area contributed by atoms with Crippen LogP contribution >= 0.6 is 11.9 Å². The molecule has 0 aromatic carbocycles. The van der Waals surface area contributed by atoms with E-state index in [1.54, 1.807) is 0 Å². The Labute approximate surface area is 105 Å². The third-order valence-electron chi connectivity index (χ3n) is 1.87. The number of hydrogen-bond acceptors (Lipinski definition) is 8. The molecule has 2 N–H and O–H groups in total. The summed E-state index contributed by atoms with van der Waals surface area (Å²) in [4.78, 5) is 34.2. The molecule has 0 radical (unpaired) electrons. The van der Waals surface area contributed by atoms with Gasteiger partial charge in [0.2, 0.25) is 0 Å². The van der Waals surface area contributed by atoms with E-state index in [0.29, 0.717) is 11.9 Å². The standard InChI is InChI=1S/C8H8N4O5S/c13-8(14)6(4-18-11-15)10-7-2-1-5(3-9-7)12(16)17/h1-3,6H,4H2,(H,9,10)(H,13,14)/t6-/m0/s1. The predicted octanol–water partition coefficient (Wildman–Crippen LogP) is 1.27. The minimum atomic E-state index is -1.17. The molecule has 18 heavy (non-hydrogen) atoms. The van der Waals surface area contributed by atoms with Crippen molar-refractivity contribution >= 4 is 29.4 Å². The average Bonchev–Trinajstić information content (AvgIpc) is 2.34. The summed E-state index contributed by atoms with van der Waals surface area (Å²) in [7, 11) is 0. The Morgan fingerprint density at radius 1 is 1.67 bits per heavy atom. The normalized spacial score (nSPS) is 11.6. The first-order chi connectivity index (χ1) is 8.54. The lowest BCUT2D eigenvalue weighted by Crippen LogP contribution is -2.31. The molecule has 1 atom stereocenters. The quantitative estimate of drug-likeness (QED) is 0.328. The van der Waals surface area contributed by atoms with E-state index in [4.69, 9.17) is 5.11 Å². The molecule has 96 valence electrons. The number of nitroso groups, excluding NO2 is 1. The molecule has 0 aliphatic heterocycles. The summed E-state index contributed by atoms with van der Waals surface area (Å²) in [6.07, 6.45) is 1.01. The lowest BCUT2D eigenvalue weighted by atomic mass is 10.3. The summed E-state index contributed by atoms with van der Waals surface area (Å²) >= 11 is 0.562. The van der Waals surface area contributed by atoms with Crippen LogP contribution in [0.4, 0.5) is 11.5 Å². The van der Waals surface area contributed by atoms with Crippen molar-refractivity contribution in [1.82, 2.24) is 4.98 Å². The smallest absolute Gasteiger partial charge is 0.327 e. The highest BCUT2D eigenvalue weighted by Gasteiger charge is 2.18. The molecule has 1 rings (SSSR count). The van der Waals surface area contributed by atoms with Gasteiger partial charge >= 0.3 is 5.97 Å². The Kier molecular flexibility index (Phi) is 4.99. The second kappa shape index (κ2) is 6.49. The molecule has 1 heterocycles. The van der Waals surface area contributed by atoms with Gasteiger partial charge in [-0.2, -0.15) is 0 Å². The maximum Gasteiger partial charge on any atom is 0.327 e. The van der Waals surface area contributed by atoms with Crippen molar-refractivity contribution in [2.45, 2.75) is 6.04 Å². The molecule has 0 unspecified atom stereocenters. The number of anilines is 1. The van der Waals surface area contributed by atoms with Crippen molar-refractivity contribution < 1.29 is 14.8 Å². The molecule has 0 spiro atoms. The number of nitrogens with zero attached hydrogens (tertiary/aromatic N) is 3. The van der Waals surface area contributed by atoms with Crippen LogP contribution in [-0.4, -0.2) is 32.8 Å². The van der Waals surface area contributed by atoms with E-state index < -0.39 is 16.9 Å². The fourth-order valence-electron chi connectivity index (χ4n) is 1.04. The first-order valence-electron chi connectivity index (χ1n) is 4.59. The molecule has 0 amide bonds. The lowest BCUT2D eigenvalue weighted by molar-refractivity contribution is -0.385. The van der Waals surface area contributed by atoms with Gasteiger partial charge < -0.3 is 10.4 Å². The van der Waals surface area contributed by atoms with Crippen molar-refractivity contribution in [2.24, 2.45) is 4.58 Å².